The van der Waals surface area contributed by atoms with E-state index in [1.165, 1.54) is 0 Å². The van der Waals surface area contributed by atoms with Gasteiger partial charge < -0.3 is 67.8 Å². The fraction of sp³-hybridized carbons (Fsp3) is 0.741. The Kier molecular flexibility index (Phi) is 37.4. The van der Waals surface area contributed by atoms with E-state index < -0.39 is 66.3 Å². The van der Waals surface area contributed by atoms with E-state index in [1.54, 1.807) is 25.9 Å². The Morgan fingerprint density at radius 3 is 1.62 bits per heavy atom. The maximum Gasteiger partial charge on any atom is 0.322 e. The van der Waals surface area contributed by atoms with Gasteiger partial charge in [0.25, 0.3) is 0 Å². The number of thiol groups is 1. The molecule has 0 aromatic rings. The number of nitrogens with one attached hydrogen (secondary N) is 2. The second-order valence-corrected chi connectivity index (χ2v) is 11.3. The van der Waals surface area contributed by atoms with Crippen LogP contribution < -0.4 is 32.9 Å². The van der Waals surface area contributed by atoms with Crippen LogP contribution in [0.25, 0.3) is 0 Å². The average molecular weight is 720 g/mol. The molecule has 0 spiro atoms. The number of hydrogen-bond donors (Lipinski definition) is 11. The number of rotatable bonds is 18. The standard InChI is InChI=1S/C10H17N3O6S.C5H14NO.3C4H9NO2/c11-5(10(18)19)1-2-7(14)13-6(4-20)9(17)12-3-8(15)16;1-6(2,3)4-5-7;1-5(2)3-4(6)7;1-2-3(5)4(6)7;5-3-1-2-4(6)7/h5-6,20H,1-4,11H2,(H,12,17)(H,13,14)(H,15,16)(H,18,19);7H,4-5H2,1-3H3;3H2,1-2H3,(H,6,7);3H,2,5H2,1H3,(H,6,7);1-3,5H2,(H,6,7)/q;+1;;;/p-1/t5-,6-;;;;/m0..../s1. The number of carbonyl (C=O) groups is 7. The SMILES string of the molecule is CCC(N)C(=O)[O-].CN(C)CC(=O)O.C[N+](C)(C)CCO.NCCCC(=O)O.N[C@@H](CCC(=O)N[C@@H](CS)C(=O)NCC(=O)O)C(=O)O. The minimum absolute atomic E-state index is 0.0256. The monoisotopic (exact) mass is 719 g/mol. The van der Waals surface area contributed by atoms with Gasteiger partial charge in [0, 0.05) is 24.6 Å². The number of aliphatic hydroxyl groups excluding tert-OH is 1. The summed E-state index contributed by atoms with van der Waals surface area (Å²) in [6, 6.07) is -2.94. The number of nitrogens with zero attached hydrogens (tertiary/aromatic N) is 2. The summed E-state index contributed by atoms with van der Waals surface area (Å²) in [5, 5.41) is 55.5. The highest BCUT2D eigenvalue weighted by atomic mass is 32.1. The first kappa shape index (κ1) is 53.9. The number of nitrogens with two attached hydrogens (primary N) is 3. The lowest BCUT2D eigenvalue weighted by Crippen LogP contribution is -2.49. The molecule has 3 atom stereocenters. The lowest BCUT2D eigenvalue weighted by molar-refractivity contribution is -0.870. The molecule has 0 heterocycles. The fourth-order valence-electron chi connectivity index (χ4n) is 2.15. The number of amides is 2. The number of aliphatic hydroxyl groups is 1. The molecule has 2 amide bonds. The summed E-state index contributed by atoms with van der Waals surface area (Å²) in [4.78, 5) is 74.5. The van der Waals surface area contributed by atoms with Crippen LogP contribution in [0.4, 0.5) is 0 Å². The van der Waals surface area contributed by atoms with E-state index in [-0.39, 0.29) is 38.2 Å². The summed E-state index contributed by atoms with van der Waals surface area (Å²) in [5.74, 6) is -6.44. The van der Waals surface area contributed by atoms with Gasteiger partial charge in [0.15, 0.2) is 0 Å². The number of carboxylic acid groups (broad SMARTS) is 5. The van der Waals surface area contributed by atoms with E-state index in [2.05, 4.69) is 44.4 Å². The van der Waals surface area contributed by atoms with Gasteiger partial charge >= 0.3 is 23.9 Å². The van der Waals surface area contributed by atoms with Crippen LogP contribution in [0.2, 0.25) is 0 Å². The van der Waals surface area contributed by atoms with E-state index in [0.29, 0.717) is 19.4 Å². The normalized spacial score (nSPS) is 11.8. The third-order valence-electron chi connectivity index (χ3n) is 4.81. The van der Waals surface area contributed by atoms with Gasteiger partial charge in [-0.25, -0.2) is 0 Å². The Morgan fingerprint density at radius 1 is 0.896 bits per heavy atom. The van der Waals surface area contributed by atoms with Gasteiger partial charge in [-0.2, -0.15) is 12.6 Å². The molecule has 0 aliphatic carbocycles. The van der Waals surface area contributed by atoms with Gasteiger partial charge in [-0.1, -0.05) is 6.92 Å². The molecule has 1 unspecified atom stereocenters. The Morgan fingerprint density at radius 2 is 1.42 bits per heavy atom. The number of aliphatic carboxylic acids is 5. The molecule has 0 saturated carbocycles. The molecule has 0 rings (SSSR count). The van der Waals surface area contributed by atoms with E-state index in [4.69, 9.17) is 42.7 Å². The topological polar surface area (TPSA) is 349 Å². The van der Waals surface area contributed by atoms with Crippen LogP contribution >= 0.6 is 12.6 Å². The van der Waals surface area contributed by atoms with E-state index in [9.17, 15) is 38.7 Å². The molecule has 0 aromatic carbocycles. The largest absolute Gasteiger partial charge is 0.548 e. The maximum atomic E-state index is 11.5. The lowest BCUT2D eigenvalue weighted by Gasteiger charge is -2.21. The summed E-state index contributed by atoms with van der Waals surface area (Å²) >= 11 is 3.87. The maximum absolute atomic E-state index is 11.5. The number of quaternary nitrogens is 1. The van der Waals surface area contributed by atoms with Crippen LogP contribution in [0.1, 0.15) is 39.0 Å². The van der Waals surface area contributed by atoms with E-state index in [0.717, 1.165) is 11.0 Å². The third kappa shape index (κ3) is 49.3. The summed E-state index contributed by atoms with van der Waals surface area (Å²) in [6.45, 7) is 2.82. The first-order chi connectivity index (χ1) is 21.9. The predicted molar refractivity (Wildman–Crippen MR) is 177 cm³/mol. The predicted octanol–water partition coefficient (Wildman–Crippen LogP) is -4.61. The highest BCUT2D eigenvalue weighted by Gasteiger charge is 2.21. The molecular formula is C27H57N7O13S. The summed E-state index contributed by atoms with van der Waals surface area (Å²) in [5.41, 5.74) is 15.2. The minimum atomic E-state index is -1.22. The molecule has 13 N–H and O–H groups in total. The average Bonchev–Trinajstić information content (AvgIpc) is 2.95. The van der Waals surface area contributed by atoms with Gasteiger partial charge in [0.2, 0.25) is 11.8 Å². The number of carboxylic acids is 5. The van der Waals surface area contributed by atoms with Crippen molar-refractivity contribution in [2.45, 2.75) is 57.2 Å². The molecule has 0 bridgehead atoms. The summed E-state index contributed by atoms with van der Waals surface area (Å²) < 4.78 is 0.844. The molecule has 0 aromatic heterocycles. The third-order valence-corrected chi connectivity index (χ3v) is 5.17. The second kappa shape index (κ2) is 33.3. The van der Waals surface area contributed by atoms with Crippen molar-refractivity contribution in [1.29, 1.82) is 0 Å². The van der Waals surface area contributed by atoms with Crippen molar-refractivity contribution in [1.82, 2.24) is 15.5 Å². The molecule has 284 valence electrons. The zero-order valence-electron chi connectivity index (χ0n) is 28.6. The number of likely N-dealkylation sites (N-methyl/N-ethyl adjacent to an activating group) is 2. The smallest absolute Gasteiger partial charge is 0.322 e. The second-order valence-electron chi connectivity index (χ2n) is 10.9. The molecule has 21 heteroatoms. The van der Waals surface area contributed by atoms with Crippen LogP contribution in [-0.2, 0) is 33.6 Å². The van der Waals surface area contributed by atoms with Crippen molar-refractivity contribution in [3.63, 3.8) is 0 Å². The summed E-state index contributed by atoms with van der Waals surface area (Å²) in [6.07, 6.45) is 0.968. The van der Waals surface area contributed by atoms with Gasteiger partial charge in [0.1, 0.15) is 25.2 Å². The van der Waals surface area contributed by atoms with Crippen LogP contribution in [0.15, 0.2) is 0 Å². The quantitative estimate of drug-likeness (QED) is 0.0469. The zero-order valence-corrected chi connectivity index (χ0v) is 29.5. The highest BCUT2D eigenvalue weighted by molar-refractivity contribution is 7.80. The van der Waals surface area contributed by atoms with Crippen LogP contribution in [-0.4, -0.2) is 168 Å². The molecule has 20 nitrogen and oxygen atoms in total. The highest BCUT2D eigenvalue weighted by Crippen LogP contribution is 1.97. The molecule has 0 aliphatic heterocycles. The van der Waals surface area contributed by atoms with Crippen LogP contribution in [0.3, 0.4) is 0 Å². The van der Waals surface area contributed by atoms with Crippen molar-refractivity contribution < 1.29 is 68.7 Å². The van der Waals surface area contributed by atoms with Crippen molar-refractivity contribution in [3.8, 4) is 0 Å². The molecule has 0 fully saturated rings. The Hall–Kier alpha value is -3.60. The Balaban J connectivity index is -0.000000181. The van der Waals surface area contributed by atoms with Crippen molar-refractivity contribution in [2.24, 2.45) is 17.2 Å². The van der Waals surface area contributed by atoms with Crippen molar-refractivity contribution in [3.05, 3.63) is 0 Å². The molecule has 0 aliphatic rings. The van der Waals surface area contributed by atoms with Crippen LogP contribution in [0.5, 0.6) is 0 Å². The first-order valence-electron chi connectivity index (χ1n) is 14.5. The van der Waals surface area contributed by atoms with Gasteiger partial charge in [-0.3, -0.25) is 33.7 Å². The fourth-order valence-corrected chi connectivity index (χ4v) is 2.40. The summed E-state index contributed by atoms with van der Waals surface area (Å²) in [7, 11) is 9.59. The minimum Gasteiger partial charge on any atom is -0.548 e. The van der Waals surface area contributed by atoms with Gasteiger partial charge in [-0.15, -0.1) is 0 Å². The molecule has 48 heavy (non-hydrogen) atoms. The Labute approximate surface area is 286 Å². The first-order valence-corrected chi connectivity index (χ1v) is 15.1. The van der Waals surface area contributed by atoms with Gasteiger partial charge in [-0.05, 0) is 39.9 Å². The van der Waals surface area contributed by atoms with E-state index >= 15 is 0 Å². The Bertz CT molecular complexity index is 936. The van der Waals surface area contributed by atoms with E-state index in [1.807, 2.05) is 0 Å². The number of hydrogen-bond acceptors (Lipinski definition) is 14. The van der Waals surface area contributed by atoms with Crippen molar-refractivity contribution >= 4 is 54.3 Å². The lowest BCUT2D eigenvalue weighted by atomic mass is 10.1. The van der Waals surface area contributed by atoms with Gasteiger partial charge in [0.05, 0.1) is 40.3 Å². The van der Waals surface area contributed by atoms with Crippen LogP contribution in [0, 0.1) is 0 Å². The molecular weight excluding hydrogens is 662 g/mol. The molecule has 0 radical (unpaired) electrons. The number of carbonyl (C=O) groups excluding carboxylic acids is 3. The van der Waals surface area contributed by atoms with Crippen molar-refractivity contribution in [2.75, 3.05) is 73.8 Å². The zero-order chi connectivity index (χ0) is 39.0. The molecule has 0 saturated heterocycles.